The van der Waals surface area contributed by atoms with Gasteiger partial charge in [-0.3, -0.25) is 0 Å². The second kappa shape index (κ2) is 5.41. The zero-order valence-electron chi connectivity index (χ0n) is 13.5. The number of hydrogen-bond donors (Lipinski definition) is 0. The maximum Gasteiger partial charge on any atom is -0.0272 e. The Morgan fingerprint density at radius 2 is 1.63 bits per heavy atom. The highest BCUT2D eigenvalue weighted by Crippen LogP contribution is 2.55. The van der Waals surface area contributed by atoms with Crippen LogP contribution >= 0.6 is 0 Å². The summed E-state index contributed by atoms with van der Waals surface area (Å²) >= 11 is 0. The van der Waals surface area contributed by atoms with Gasteiger partial charge >= 0.3 is 0 Å². The Hall–Kier alpha value is 0. The van der Waals surface area contributed by atoms with Crippen LogP contribution in [0.15, 0.2) is 0 Å². The van der Waals surface area contributed by atoms with Crippen LogP contribution in [0.25, 0.3) is 0 Å². The van der Waals surface area contributed by atoms with E-state index in [1.807, 2.05) is 0 Å². The molecule has 110 valence electrons. The molecule has 0 radical (unpaired) electrons. The topological polar surface area (TPSA) is 0 Å². The van der Waals surface area contributed by atoms with Gasteiger partial charge in [0.25, 0.3) is 0 Å². The van der Waals surface area contributed by atoms with E-state index in [4.69, 9.17) is 0 Å². The van der Waals surface area contributed by atoms with Crippen LogP contribution in [0.1, 0.15) is 85.0 Å². The minimum absolute atomic E-state index is 0.646. The predicted octanol–water partition coefficient (Wildman–Crippen LogP) is 6.06. The van der Waals surface area contributed by atoms with Crippen molar-refractivity contribution in [2.45, 2.75) is 85.0 Å². The monoisotopic (exact) mass is 262 g/mol. The predicted molar refractivity (Wildman–Crippen MR) is 83.1 cm³/mol. The molecule has 3 aliphatic carbocycles. The molecule has 3 rings (SSSR count). The zero-order valence-corrected chi connectivity index (χ0v) is 13.5. The summed E-state index contributed by atoms with van der Waals surface area (Å²) in [7, 11) is 0. The van der Waals surface area contributed by atoms with Crippen molar-refractivity contribution >= 4 is 0 Å². The molecule has 0 aromatic carbocycles. The van der Waals surface area contributed by atoms with Gasteiger partial charge in [-0.1, -0.05) is 65.7 Å². The lowest BCUT2D eigenvalue weighted by molar-refractivity contribution is -0.0105. The van der Waals surface area contributed by atoms with E-state index in [1.165, 1.54) is 38.5 Å². The van der Waals surface area contributed by atoms with Crippen LogP contribution in [0.2, 0.25) is 0 Å². The Kier molecular flexibility index (Phi) is 3.98. The van der Waals surface area contributed by atoms with Gasteiger partial charge in [0, 0.05) is 0 Å². The molecule has 19 heavy (non-hydrogen) atoms. The summed E-state index contributed by atoms with van der Waals surface area (Å²) in [6.07, 6.45) is 15.2. The first-order valence-electron chi connectivity index (χ1n) is 9.13. The second-order valence-corrected chi connectivity index (χ2v) is 8.39. The van der Waals surface area contributed by atoms with Crippen molar-refractivity contribution < 1.29 is 0 Å². The molecule has 0 aromatic rings. The third-order valence-electron chi connectivity index (χ3n) is 7.79. The standard InChI is InChI=1S/C19H34/c1-14-8-4-5-13-19(14,3)15(2)17-11-6-9-16-10-7-12-18(16)17/h14-18H,4-13H2,1-3H3. The second-order valence-electron chi connectivity index (χ2n) is 8.39. The summed E-state index contributed by atoms with van der Waals surface area (Å²) in [5.74, 6) is 5.21. The molecule has 0 aliphatic heterocycles. The highest BCUT2D eigenvalue weighted by molar-refractivity contribution is 4.96. The third-order valence-corrected chi connectivity index (χ3v) is 7.79. The van der Waals surface area contributed by atoms with Crippen molar-refractivity contribution in [3.63, 3.8) is 0 Å². The summed E-state index contributed by atoms with van der Waals surface area (Å²) in [6.45, 7) is 7.82. The molecule has 3 aliphatic rings. The third kappa shape index (κ3) is 2.38. The lowest BCUT2D eigenvalue weighted by Gasteiger charge is -2.50. The molecule has 0 amide bonds. The fraction of sp³-hybridized carbons (Fsp3) is 1.00. The molecule has 0 nitrogen and oxygen atoms in total. The van der Waals surface area contributed by atoms with Gasteiger partial charge in [-0.2, -0.15) is 0 Å². The minimum atomic E-state index is 0.646. The SMILES string of the molecule is CC1CCCCC1(C)C(C)C1CCCC2CCCC21. The summed E-state index contributed by atoms with van der Waals surface area (Å²) in [6, 6.07) is 0. The van der Waals surface area contributed by atoms with Gasteiger partial charge < -0.3 is 0 Å². The first-order valence-corrected chi connectivity index (χ1v) is 9.13. The zero-order chi connectivity index (χ0) is 13.5. The fourth-order valence-electron chi connectivity index (χ4n) is 6.14. The number of fused-ring (bicyclic) bond motifs is 1. The Balaban J connectivity index is 1.76. The smallest absolute Gasteiger partial charge is 0.0272 e. The number of rotatable bonds is 2. The molecule has 0 heterocycles. The largest absolute Gasteiger partial charge is 0.0620 e. The van der Waals surface area contributed by atoms with Crippen LogP contribution in [-0.2, 0) is 0 Å². The quantitative estimate of drug-likeness (QED) is 0.568. The molecule has 0 N–H and O–H groups in total. The molecule has 0 saturated heterocycles. The van der Waals surface area contributed by atoms with Crippen LogP contribution < -0.4 is 0 Å². The van der Waals surface area contributed by atoms with E-state index in [2.05, 4.69) is 20.8 Å². The summed E-state index contributed by atoms with van der Waals surface area (Å²) in [5, 5.41) is 0. The van der Waals surface area contributed by atoms with Crippen LogP contribution in [0.4, 0.5) is 0 Å². The lowest BCUT2D eigenvalue weighted by atomic mass is 9.55. The molecule has 0 spiro atoms. The molecule has 3 fully saturated rings. The average molecular weight is 262 g/mol. The van der Waals surface area contributed by atoms with Crippen LogP contribution in [0.3, 0.4) is 0 Å². The van der Waals surface area contributed by atoms with Crippen LogP contribution in [0.5, 0.6) is 0 Å². The van der Waals surface area contributed by atoms with Crippen molar-refractivity contribution in [3.8, 4) is 0 Å². The number of hydrogen-bond acceptors (Lipinski definition) is 0. The molecule has 3 saturated carbocycles. The van der Waals surface area contributed by atoms with Gasteiger partial charge in [-0.25, -0.2) is 0 Å². The maximum absolute atomic E-state index is 2.64. The van der Waals surface area contributed by atoms with Crippen LogP contribution in [0, 0.1) is 35.0 Å². The molecule has 6 atom stereocenters. The van der Waals surface area contributed by atoms with Crippen molar-refractivity contribution in [3.05, 3.63) is 0 Å². The molecular formula is C19H34. The van der Waals surface area contributed by atoms with E-state index in [-0.39, 0.29) is 0 Å². The Morgan fingerprint density at radius 1 is 0.895 bits per heavy atom. The summed E-state index contributed by atoms with van der Waals surface area (Å²) in [4.78, 5) is 0. The van der Waals surface area contributed by atoms with Crippen molar-refractivity contribution in [1.82, 2.24) is 0 Å². The fourth-order valence-corrected chi connectivity index (χ4v) is 6.14. The van der Waals surface area contributed by atoms with Gasteiger partial charge in [0.1, 0.15) is 0 Å². The molecule has 0 aromatic heterocycles. The normalized spacial score (nSPS) is 48.8. The highest BCUT2D eigenvalue weighted by Gasteiger charge is 2.46. The Bertz CT molecular complexity index is 307. The Labute approximate surface area is 120 Å². The minimum Gasteiger partial charge on any atom is -0.0620 e. The van der Waals surface area contributed by atoms with Crippen molar-refractivity contribution in [2.75, 3.05) is 0 Å². The van der Waals surface area contributed by atoms with E-state index in [1.54, 1.807) is 25.7 Å². The lowest BCUT2D eigenvalue weighted by Crippen LogP contribution is -2.42. The van der Waals surface area contributed by atoms with E-state index >= 15 is 0 Å². The molecule has 6 unspecified atom stereocenters. The first-order chi connectivity index (χ1) is 9.13. The Morgan fingerprint density at radius 3 is 2.37 bits per heavy atom. The van der Waals surface area contributed by atoms with E-state index < -0.39 is 0 Å². The summed E-state index contributed by atoms with van der Waals surface area (Å²) in [5.41, 5.74) is 0.646. The van der Waals surface area contributed by atoms with Gasteiger partial charge in [-0.05, 0) is 54.3 Å². The van der Waals surface area contributed by atoms with Gasteiger partial charge in [0.15, 0.2) is 0 Å². The molecule has 0 heteroatoms. The van der Waals surface area contributed by atoms with Gasteiger partial charge in [-0.15, -0.1) is 0 Å². The summed E-state index contributed by atoms with van der Waals surface area (Å²) < 4.78 is 0. The molecule has 0 bridgehead atoms. The van der Waals surface area contributed by atoms with Crippen LogP contribution in [-0.4, -0.2) is 0 Å². The van der Waals surface area contributed by atoms with Gasteiger partial charge in [0.2, 0.25) is 0 Å². The van der Waals surface area contributed by atoms with Crippen molar-refractivity contribution in [2.24, 2.45) is 35.0 Å². The first kappa shape index (κ1) is 14.0. The van der Waals surface area contributed by atoms with E-state index in [0.717, 1.165) is 29.6 Å². The average Bonchev–Trinajstić information content (AvgIpc) is 2.89. The molecular weight excluding hydrogens is 228 g/mol. The maximum atomic E-state index is 2.64. The highest BCUT2D eigenvalue weighted by atomic mass is 14.5. The van der Waals surface area contributed by atoms with Crippen molar-refractivity contribution in [1.29, 1.82) is 0 Å². The van der Waals surface area contributed by atoms with Gasteiger partial charge in [0.05, 0.1) is 0 Å². The van der Waals surface area contributed by atoms with E-state index in [0.29, 0.717) is 5.41 Å². The van der Waals surface area contributed by atoms with E-state index in [9.17, 15) is 0 Å².